The van der Waals surface area contributed by atoms with Crippen LogP contribution in [0.3, 0.4) is 0 Å². The van der Waals surface area contributed by atoms with Crippen molar-refractivity contribution in [1.82, 2.24) is 9.80 Å². The maximum Gasteiger partial charge on any atom is 0.254 e. The maximum atomic E-state index is 12.9. The number of halogens is 2. The van der Waals surface area contributed by atoms with E-state index in [9.17, 15) is 9.59 Å². The zero-order chi connectivity index (χ0) is 18.7. The summed E-state index contributed by atoms with van der Waals surface area (Å²) in [5.74, 6) is -0.115. The van der Waals surface area contributed by atoms with Crippen LogP contribution in [0.15, 0.2) is 53.0 Å². The van der Waals surface area contributed by atoms with Gasteiger partial charge < -0.3 is 9.80 Å². The van der Waals surface area contributed by atoms with E-state index in [2.05, 4.69) is 15.9 Å². The lowest BCUT2D eigenvalue weighted by molar-refractivity contribution is -0.134. The Kier molecular flexibility index (Phi) is 5.99. The van der Waals surface area contributed by atoms with Crippen LogP contribution in [0.2, 0.25) is 5.02 Å². The number of benzene rings is 2. The molecule has 0 aromatic heterocycles. The molecule has 26 heavy (non-hydrogen) atoms. The van der Waals surface area contributed by atoms with E-state index in [-0.39, 0.29) is 11.8 Å². The Bertz CT molecular complexity index is 792. The maximum absolute atomic E-state index is 12.9. The minimum Gasteiger partial charge on any atom is -0.340 e. The normalized spacial score (nSPS) is 16.6. The zero-order valence-electron chi connectivity index (χ0n) is 14.5. The second-order valence-electron chi connectivity index (χ2n) is 6.48. The predicted molar refractivity (Wildman–Crippen MR) is 106 cm³/mol. The van der Waals surface area contributed by atoms with Crippen LogP contribution >= 0.6 is 27.5 Å². The SMILES string of the molecule is CN(Cc1ccc(Cl)cc1)C(=O)C1CCCN1C(=O)c1ccc(Br)cc1. The monoisotopic (exact) mass is 434 g/mol. The van der Waals surface area contributed by atoms with Gasteiger partial charge in [0.05, 0.1) is 0 Å². The first kappa shape index (κ1) is 18.9. The molecule has 1 aliphatic heterocycles. The third-order valence-electron chi connectivity index (χ3n) is 4.60. The van der Waals surface area contributed by atoms with Crippen molar-refractivity contribution in [3.63, 3.8) is 0 Å². The number of likely N-dealkylation sites (N-methyl/N-ethyl adjacent to an activating group) is 1. The lowest BCUT2D eigenvalue weighted by Crippen LogP contribution is -2.46. The first-order chi connectivity index (χ1) is 12.5. The van der Waals surface area contributed by atoms with Crippen LogP contribution < -0.4 is 0 Å². The summed E-state index contributed by atoms with van der Waals surface area (Å²) in [5, 5.41) is 0.671. The summed E-state index contributed by atoms with van der Waals surface area (Å²) in [5.41, 5.74) is 1.61. The van der Waals surface area contributed by atoms with E-state index in [0.717, 1.165) is 16.5 Å². The van der Waals surface area contributed by atoms with Gasteiger partial charge in [0.25, 0.3) is 5.91 Å². The van der Waals surface area contributed by atoms with Crippen molar-refractivity contribution in [3.8, 4) is 0 Å². The molecule has 1 atom stereocenters. The summed E-state index contributed by atoms with van der Waals surface area (Å²) in [6, 6.07) is 14.3. The number of amides is 2. The number of nitrogens with zero attached hydrogens (tertiary/aromatic N) is 2. The van der Waals surface area contributed by atoms with Crippen molar-refractivity contribution in [3.05, 3.63) is 69.2 Å². The van der Waals surface area contributed by atoms with Crippen LogP contribution in [0.1, 0.15) is 28.8 Å². The Labute approximate surface area is 166 Å². The highest BCUT2D eigenvalue weighted by atomic mass is 79.9. The highest BCUT2D eigenvalue weighted by molar-refractivity contribution is 9.10. The minimum absolute atomic E-state index is 0.0251. The molecule has 0 bridgehead atoms. The van der Waals surface area contributed by atoms with Crippen LogP contribution in [0, 0.1) is 0 Å². The Balaban J connectivity index is 1.70. The molecule has 2 aromatic rings. The second kappa shape index (κ2) is 8.23. The van der Waals surface area contributed by atoms with Crippen molar-refractivity contribution in [1.29, 1.82) is 0 Å². The van der Waals surface area contributed by atoms with E-state index in [1.165, 1.54) is 0 Å². The van der Waals surface area contributed by atoms with Crippen molar-refractivity contribution in [2.45, 2.75) is 25.4 Å². The van der Waals surface area contributed by atoms with Gasteiger partial charge in [-0.3, -0.25) is 9.59 Å². The molecule has 0 N–H and O–H groups in total. The molecular weight excluding hydrogens is 416 g/mol. The van der Waals surface area contributed by atoms with E-state index >= 15 is 0 Å². The molecule has 6 heteroatoms. The molecule has 136 valence electrons. The highest BCUT2D eigenvalue weighted by Gasteiger charge is 2.36. The molecule has 1 heterocycles. The van der Waals surface area contributed by atoms with Gasteiger partial charge >= 0.3 is 0 Å². The lowest BCUT2D eigenvalue weighted by Gasteiger charge is -2.28. The van der Waals surface area contributed by atoms with Gasteiger partial charge in [-0.1, -0.05) is 39.7 Å². The Morgan fingerprint density at radius 3 is 2.46 bits per heavy atom. The first-order valence-corrected chi connectivity index (χ1v) is 9.69. The molecule has 1 aliphatic rings. The molecule has 0 saturated carbocycles. The van der Waals surface area contributed by atoms with Crippen LogP contribution in [0.25, 0.3) is 0 Å². The summed E-state index contributed by atoms with van der Waals surface area (Å²) in [7, 11) is 1.78. The van der Waals surface area contributed by atoms with Crippen LogP contribution in [0.4, 0.5) is 0 Å². The molecular formula is C20H20BrClN2O2. The Morgan fingerprint density at radius 2 is 1.81 bits per heavy atom. The van der Waals surface area contributed by atoms with Gasteiger partial charge in [-0.05, 0) is 54.8 Å². The van der Waals surface area contributed by atoms with Crippen molar-refractivity contribution >= 4 is 39.3 Å². The summed E-state index contributed by atoms with van der Waals surface area (Å²) in [4.78, 5) is 29.1. The number of carbonyl (C=O) groups is 2. The molecule has 2 amide bonds. The average molecular weight is 436 g/mol. The minimum atomic E-state index is -0.400. The molecule has 0 aliphatic carbocycles. The van der Waals surface area contributed by atoms with Crippen molar-refractivity contribution in [2.24, 2.45) is 0 Å². The fraction of sp³-hybridized carbons (Fsp3) is 0.300. The van der Waals surface area contributed by atoms with Gasteiger partial charge in [0.15, 0.2) is 0 Å². The quantitative estimate of drug-likeness (QED) is 0.716. The molecule has 1 fully saturated rings. The lowest BCUT2D eigenvalue weighted by atomic mass is 10.1. The molecule has 2 aromatic carbocycles. The average Bonchev–Trinajstić information content (AvgIpc) is 3.12. The van der Waals surface area contributed by atoms with Crippen LogP contribution in [-0.2, 0) is 11.3 Å². The Hall–Kier alpha value is -1.85. The largest absolute Gasteiger partial charge is 0.340 e. The van der Waals surface area contributed by atoms with Gasteiger partial charge in [0.2, 0.25) is 5.91 Å². The summed E-state index contributed by atoms with van der Waals surface area (Å²) in [6.45, 7) is 1.10. The zero-order valence-corrected chi connectivity index (χ0v) is 16.8. The second-order valence-corrected chi connectivity index (χ2v) is 7.84. The molecule has 1 unspecified atom stereocenters. The molecule has 0 radical (unpaired) electrons. The van der Waals surface area contributed by atoms with Gasteiger partial charge in [0, 0.05) is 35.2 Å². The van der Waals surface area contributed by atoms with E-state index < -0.39 is 6.04 Å². The van der Waals surface area contributed by atoms with Crippen molar-refractivity contribution < 1.29 is 9.59 Å². The molecule has 4 nitrogen and oxygen atoms in total. The van der Waals surface area contributed by atoms with Crippen LogP contribution in [0.5, 0.6) is 0 Å². The number of rotatable bonds is 4. The standard InChI is InChI=1S/C20H20BrClN2O2/c1-23(13-14-4-10-17(22)11-5-14)20(26)18-3-2-12-24(18)19(25)15-6-8-16(21)9-7-15/h4-11,18H,2-3,12-13H2,1H3. The molecule has 3 rings (SSSR count). The first-order valence-electron chi connectivity index (χ1n) is 8.51. The van der Waals surface area contributed by atoms with E-state index in [1.807, 2.05) is 36.4 Å². The molecule has 1 saturated heterocycles. The molecule has 0 spiro atoms. The summed E-state index contributed by atoms with van der Waals surface area (Å²) < 4.78 is 0.922. The van der Waals surface area contributed by atoms with Crippen molar-refractivity contribution in [2.75, 3.05) is 13.6 Å². The van der Waals surface area contributed by atoms with Gasteiger partial charge in [0.1, 0.15) is 6.04 Å². The number of likely N-dealkylation sites (tertiary alicyclic amines) is 1. The third-order valence-corrected chi connectivity index (χ3v) is 5.38. The number of carbonyl (C=O) groups excluding carboxylic acids is 2. The summed E-state index contributed by atoms with van der Waals surface area (Å²) in [6.07, 6.45) is 1.54. The summed E-state index contributed by atoms with van der Waals surface area (Å²) >= 11 is 9.28. The predicted octanol–water partition coefficient (Wildman–Crippen LogP) is 4.37. The fourth-order valence-corrected chi connectivity index (χ4v) is 3.61. The fourth-order valence-electron chi connectivity index (χ4n) is 3.22. The van der Waals surface area contributed by atoms with Crippen LogP contribution in [-0.4, -0.2) is 41.2 Å². The number of hydrogen-bond acceptors (Lipinski definition) is 2. The van der Waals surface area contributed by atoms with E-state index in [4.69, 9.17) is 11.6 Å². The van der Waals surface area contributed by atoms with Gasteiger partial charge in [-0.15, -0.1) is 0 Å². The topological polar surface area (TPSA) is 40.6 Å². The highest BCUT2D eigenvalue weighted by Crippen LogP contribution is 2.23. The van der Waals surface area contributed by atoms with E-state index in [0.29, 0.717) is 30.1 Å². The van der Waals surface area contributed by atoms with Gasteiger partial charge in [-0.2, -0.15) is 0 Å². The number of hydrogen-bond donors (Lipinski definition) is 0. The van der Waals surface area contributed by atoms with Gasteiger partial charge in [-0.25, -0.2) is 0 Å². The third kappa shape index (κ3) is 4.27. The van der Waals surface area contributed by atoms with E-state index in [1.54, 1.807) is 29.0 Å². The Morgan fingerprint density at radius 1 is 1.15 bits per heavy atom. The smallest absolute Gasteiger partial charge is 0.254 e.